The Morgan fingerprint density at radius 2 is 2.18 bits per heavy atom. The highest BCUT2D eigenvalue weighted by Crippen LogP contribution is 2.20. The van der Waals surface area contributed by atoms with Crippen molar-refractivity contribution in [3.05, 3.63) is 54.0 Å². The number of nitrogens with zero attached hydrogens (tertiary/aromatic N) is 4. The topological polar surface area (TPSA) is 59.4 Å². The highest BCUT2D eigenvalue weighted by atomic mass is 15.1. The molecule has 0 aliphatic rings. The zero-order chi connectivity index (χ0) is 15.4. The number of aromatic amines is 1. The Bertz CT molecular complexity index is 727. The molecule has 3 aromatic heterocycles. The van der Waals surface area contributed by atoms with Crippen LogP contribution in [-0.4, -0.2) is 24.5 Å². The van der Waals surface area contributed by atoms with Crippen LogP contribution in [0.1, 0.15) is 30.4 Å². The Kier molecular flexibility index (Phi) is 4.32. The number of hydrogen-bond acceptors (Lipinski definition) is 3. The predicted molar refractivity (Wildman–Crippen MR) is 86.5 cm³/mol. The number of imidazole rings is 2. The molecule has 22 heavy (non-hydrogen) atoms. The molecule has 3 rings (SSSR count). The number of aromatic nitrogens is 5. The molecule has 0 aromatic carbocycles. The minimum absolute atomic E-state index is 0.905. The molecule has 3 aromatic rings. The first kappa shape index (κ1) is 14.5. The van der Waals surface area contributed by atoms with Gasteiger partial charge in [0, 0.05) is 43.4 Å². The van der Waals surface area contributed by atoms with Crippen molar-refractivity contribution in [2.75, 3.05) is 0 Å². The van der Waals surface area contributed by atoms with Crippen molar-refractivity contribution in [1.29, 1.82) is 0 Å². The fourth-order valence-corrected chi connectivity index (χ4v) is 2.61. The largest absolute Gasteiger partial charge is 0.345 e. The Morgan fingerprint density at radius 3 is 2.91 bits per heavy atom. The van der Waals surface area contributed by atoms with Gasteiger partial charge in [0.25, 0.3) is 0 Å². The lowest BCUT2D eigenvalue weighted by Gasteiger charge is -2.07. The molecule has 0 unspecified atom stereocenters. The first-order valence-electron chi connectivity index (χ1n) is 7.74. The van der Waals surface area contributed by atoms with E-state index in [-0.39, 0.29) is 0 Å². The highest BCUT2D eigenvalue weighted by Gasteiger charge is 2.13. The summed E-state index contributed by atoms with van der Waals surface area (Å²) in [7, 11) is 0. The van der Waals surface area contributed by atoms with Crippen molar-refractivity contribution >= 4 is 0 Å². The second-order valence-corrected chi connectivity index (χ2v) is 5.42. The molecule has 0 amide bonds. The fraction of sp³-hybridized carbons (Fsp3) is 0.353. The van der Waals surface area contributed by atoms with Gasteiger partial charge in [-0.2, -0.15) is 0 Å². The van der Waals surface area contributed by atoms with Crippen LogP contribution in [0.25, 0.3) is 11.5 Å². The molecular weight excluding hydrogens is 274 g/mol. The van der Waals surface area contributed by atoms with Gasteiger partial charge in [-0.3, -0.25) is 4.98 Å². The first-order valence-corrected chi connectivity index (χ1v) is 7.74. The zero-order valence-corrected chi connectivity index (χ0v) is 13.1. The van der Waals surface area contributed by atoms with Gasteiger partial charge in [0.05, 0.1) is 0 Å². The zero-order valence-electron chi connectivity index (χ0n) is 13.1. The van der Waals surface area contributed by atoms with E-state index < -0.39 is 0 Å². The molecule has 5 nitrogen and oxygen atoms in total. The van der Waals surface area contributed by atoms with Crippen molar-refractivity contribution in [2.45, 2.75) is 39.7 Å². The van der Waals surface area contributed by atoms with Gasteiger partial charge in [0.2, 0.25) is 0 Å². The lowest BCUT2D eigenvalue weighted by atomic mass is 10.1. The van der Waals surface area contributed by atoms with Gasteiger partial charge in [0.15, 0.2) is 5.82 Å². The van der Waals surface area contributed by atoms with Gasteiger partial charge < -0.3 is 9.55 Å². The summed E-state index contributed by atoms with van der Waals surface area (Å²) in [4.78, 5) is 16.6. The molecule has 0 bridgehead atoms. The standard InChI is InChI=1S/C17H21N5/c1-3-15-20-13(2)16(21-15)17-19-9-11-22(17)10-5-7-14-6-4-8-18-12-14/h4,6,8-9,11-12H,3,5,7,10H2,1-2H3,(H,20,21). The summed E-state index contributed by atoms with van der Waals surface area (Å²) < 4.78 is 2.18. The summed E-state index contributed by atoms with van der Waals surface area (Å²) in [5.41, 5.74) is 3.31. The molecule has 1 N–H and O–H groups in total. The predicted octanol–water partition coefficient (Wildman–Crippen LogP) is 3.17. The summed E-state index contributed by atoms with van der Waals surface area (Å²) in [6.07, 6.45) is 10.6. The molecule has 0 saturated carbocycles. The van der Waals surface area contributed by atoms with E-state index in [0.29, 0.717) is 0 Å². The SMILES string of the molecule is CCc1nc(-c2nccn2CCCc2cccnc2)c(C)[nH]1. The maximum atomic E-state index is 4.65. The molecule has 5 heteroatoms. The minimum atomic E-state index is 0.905. The third-order valence-corrected chi connectivity index (χ3v) is 3.78. The molecule has 0 fully saturated rings. The first-order chi connectivity index (χ1) is 10.8. The molecule has 0 radical (unpaired) electrons. The third-order valence-electron chi connectivity index (χ3n) is 3.78. The monoisotopic (exact) mass is 295 g/mol. The Labute approximate surface area is 130 Å². The lowest BCUT2D eigenvalue weighted by Crippen LogP contribution is -2.02. The van der Waals surface area contributed by atoms with Gasteiger partial charge in [-0.1, -0.05) is 13.0 Å². The average molecular weight is 295 g/mol. The van der Waals surface area contributed by atoms with Crippen molar-refractivity contribution in [3.8, 4) is 11.5 Å². The van der Waals surface area contributed by atoms with Gasteiger partial charge in [-0.15, -0.1) is 0 Å². The van der Waals surface area contributed by atoms with Crippen molar-refractivity contribution in [3.63, 3.8) is 0 Å². The normalized spacial score (nSPS) is 11.0. The summed E-state index contributed by atoms with van der Waals surface area (Å²) in [5, 5.41) is 0. The number of rotatable bonds is 6. The second-order valence-electron chi connectivity index (χ2n) is 5.42. The van der Waals surface area contributed by atoms with Crippen molar-refractivity contribution in [1.82, 2.24) is 24.5 Å². The number of hydrogen-bond donors (Lipinski definition) is 1. The smallest absolute Gasteiger partial charge is 0.160 e. The van der Waals surface area contributed by atoms with Crippen LogP contribution in [-0.2, 0) is 19.4 Å². The van der Waals surface area contributed by atoms with Gasteiger partial charge in [-0.05, 0) is 31.4 Å². The van der Waals surface area contributed by atoms with Crippen LogP contribution in [0.3, 0.4) is 0 Å². The van der Waals surface area contributed by atoms with Crippen LogP contribution in [0.4, 0.5) is 0 Å². The molecular formula is C17H21N5. The Hall–Kier alpha value is -2.43. The van der Waals surface area contributed by atoms with E-state index in [9.17, 15) is 0 Å². The van der Waals surface area contributed by atoms with Crippen LogP contribution in [0.15, 0.2) is 36.9 Å². The minimum Gasteiger partial charge on any atom is -0.345 e. The van der Waals surface area contributed by atoms with E-state index in [1.54, 1.807) is 0 Å². The summed E-state index contributed by atoms with van der Waals surface area (Å²) in [6, 6.07) is 4.10. The number of H-pyrrole nitrogens is 1. The van der Waals surface area contributed by atoms with Crippen LogP contribution >= 0.6 is 0 Å². The van der Waals surface area contributed by atoms with Gasteiger partial charge in [0.1, 0.15) is 11.5 Å². The number of aryl methyl sites for hydroxylation is 4. The quantitative estimate of drug-likeness (QED) is 0.760. The van der Waals surface area contributed by atoms with Crippen LogP contribution in [0.2, 0.25) is 0 Å². The lowest BCUT2D eigenvalue weighted by molar-refractivity contribution is 0.645. The van der Waals surface area contributed by atoms with E-state index >= 15 is 0 Å². The molecule has 0 saturated heterocycles. The molecule has 0 aliphatic carbocycles. The van der Waals surface area contributed by atoms with E-state index in [1.165, 1.54) is 5.56 Å². The van der Waals surface area contributed by atoms with Gasteiger partial charge >= 0.3 is 0 Å². The molecule has 3 heterocycles. The summed E-state index contributed by atoms with van der Waals surface area (Å²) >= 11 is 0. The average Bonchev–Trinajstić information content (AvgIpc) is 3.14. The van der Waals surface area contributed by atoms with Crippen LogP contribution in [0.5, 0.6) is 0 Å². The molecule has 0 atom stereocenters. The number of pyridine rings is 1. The Morgan fingerprint density at radius 1 is 1.27 bits per heavy atom. The van der Waals surface area contributed by atoms with Gasteiger partial charge in [-0.25, -0.2) is 9.97 Å². The van der Waals surface area contributed by atoms with Crippen LogP contribution in [0, 0.1) is 6.92 Å². The summed E-state index contributed by atoms with van der Waals surface area (Å²) in [5.74, 6) is 1.96. The van der Waals surface area contributed by atoms with Crippen LogP contribution < -0.4 is 0 Å². The Balaban J connectivity index is 1.71. The third kappa shape index (κ3) is 3.08. The van der Waals surface area contributed by atoms with E-state index in [4.69, 9.17) is 0 Å². The van der Waals surface area contributed by atoms with Crippen molar-refractivity contribution < 1.29 is 0 Å². The molecule has 114 valence electrons. The summed E-state index contributed by atoms with van der Waals surface area (Å²) in [6.45, 7) is 5.08. The molecule has 0 spiro atoms. The van der Waals surface area contributed by atoms with E-state index in [0.717, 1.165) is 48.8 Å². The second kappa shape index (κ2) is 6.56. The fourth-order valence-electron chi connectivity index (χ4n) is 2.61. The maximum Gasteiger partial charge on any atom is 0.160 e. The number of nitrogens with one attached hydrogen (secondary N) is 1. The van der Waals surface area contributed by atoms with E-state index in [1.807, 2.05) is 30.9 Å². The van der Waals surface area contributed by atoms with Crippen molar-refractivity contribution in [2.24, 2.45) is 0 Å². The van der Waals surface area contributed by atoms with E-state index in [2.05, 4.69) is 44.4 Å². The maximum absolute atomic E-state index is 4.65. The highest BCUT2D eigenvalue weighted by molar-refractivity contribution is 5.53. The molecule has 0 aliphatic heterocycles.